The van der Waals surface area contributed by atoms with Crippen LogP contribution in [0.1, 0.15) is 34.2 Å². The van der Waals surface area contributed by atoms with Crippen LogP contribution in [0.15, 0.2) is 48.5 Å². The molecule has 3 aromatic rings. The van der Waals surface area contributed by atoms with Gasteiger partial charge in [0.25, 0.3) is 0 Å². The van der Waals surface area contributed by atoms with Gasteiger partial charge in [-0.05, 0) is 48.9 Å². The highest BCUT2D eigenvalue weighted by atomic mass is 16.5. The summed E-state index contributed by atoms with van der Waals surface area (Å²) in [6.45, 7) is 2.87. The van der Waals surface area contributed by atoms with Crippen molar-refractivity contribution in [3.63, 3.8) is 0 Å². The van der Waals surface area contributed by atoms with Gasteiger partial charge < -0.3 is 19.1 Å². The summed E-state index contributed by atoms with van der Waals surface area (Å²) in [5.74, 6) is 1.00. The maximum atomic E-state index is 13.0. The molecule has 0 fully saturated rings. The van der Waals surface area contributed by atoms with E-state index in [4.69, 9.17) is 14.2 Å². The number of esters is 1. The van der Waals surface area contributed by atoms with Crippen LogP contribution in [-0.2, 0) is 28.9 Å². The van der Waals surface area contributed by atoms with Crippen molar-refractivity contribution < 1.29 is 23.8 Å². The molecule has 0 aliphatic carbocycles. The third-order valence-electron chi connectivity index (χ3n) is 5.71. The molecule has 0 radical (unpaired) electrons. The number of methoxy groups -OCH3 is 2. The lowest BCUT2D eigenvalue weighted by Crippen LogP contribution is -2.37. The molecule has 4 rings (SSSR count). The molecule has 0 unspecified atom stereocenters. The summed E-state index contributed by atoms with van der Waals surface area (Å²) in [5.41, 5.74) is 3.63. The van der Waals surface area contributed by atoms with Crippen LogP contribution in [0.4, 0.5) is 0 Å². The minimum Gasteiger partial charge on any atom is -0.497 e. The number of fused-ring (bicyclic) bond motifs is 1. The third kappa shape index (κ3) is 4.69. The fourth-order valence-electron chi connectivity index (χ4n) is 3.96. The summed E-state index contributed by atoms with van der Waals surface area (Å²) in [4.78, 5) is 27.5. The highest BCUT2D eigenvalue weighted by Gasteiger charge is 2.31. The van der Waals surface area contributed by atoms with Crippen LogP contribution in [0.5, 0.6) is 11.5 Å². The van der Waals surface area contributed by atoms with E-state index < -0.39 is 5.97 Å². The van der Waals surface area contributed by atoms with Crippen molar-refractivity contribution in [3.05, 3.63) is 71.0 Å². The molecule has 2 heterocycles. The Morgan fingerprint density at radius 3 is 2.21 bits per heavy atom. The second-order valence-corrected chi connectivity index (χ2v) is 7.69. The van der Waals surface area contributed by atoms with E-state index in [2.05, 4.69) is 5.10 Å². The van der Waals surface area contributed by atoms with E-state index in [1.807, 2.05) is 48.5 Å². The Labute approximate surface area is 192 Å². The van der Waals surface area contributed by atoms with Crippen LogP contribution < -0.4 is 9.47 Å². The van der Waals surface area contributed by atoms with E-state index in [1.54, 1.807) is 30.7 Å². The maximum absolute atomic E-state index is 13.0. The van der Waals surface area contributed by atoms with Crippen molar-refractivity contribution in [2.24, 2.45) is 0 Å². The van der Waals surface area contributed by atoms with E-state index in [9.17, 15) is 9.59 Å². The van der Waals surface area contributed by atoms with Crippen molar-refractivity contribution in [1.29, 1.82) is 0 Å². The fourth-order valence-corrected chi connectivity index (χ4v) is 3.96. The number of ether oxygens (including phenoxy) is 3. The first-order valence-corrected chi connectivity index (χ1v) is 10.9. The molecule has 0 saturated heterocycles. The summed E-state index contributed by atoms with van der Waals surface area (Å²) >= 11 is 0. The van der Waals surface area contributed by atoms with Gasteiger partial charge in [0.1, 0.15) is 11.5 Å². The topological polar surface area (TPSA) is 82.9 Å². The molecule has 1 aliphatic heterocycles. The molecule has 2 aromatic carbocycles. The van der Waals surface area contributed by atoms with Gasteiger partial charge in [-0.15, -0.1) is 0 Å². The zero-order chi connectivity index (χ0) is 23.4. The number of hydrogen-bond donors (Lipinski definition) is 0. The Kier molecular flexibility index (Phi) is 6.63. The molecule has 8 heteroatoms. The van der Waals surface area contributed by atoms with Gasteiger partial charge >= 0.3 is 5.97 Å². The van der Waals surface area contributed by atoms with Crippen LogP contribution in [-0.4, -0.2) is 53.9 Å². The highest BCUT2D eigenvalue weighted by molar-refractivity contribution is 5.90. The summed E-state index contributed by atoms with van der Waals surface area (Å²) in [5, 5.41) is 4.58. The number of benzene rings is 2. The molecule has 0 bridgehead atoms. The van der Waals surface area contributed by atoms with Crippen molar-refractivity contribution in [2.45, 2.75) is 26.3 Å². The van der Waals surface area contributed by atoms with Gasteiger partial charge in [0.15, 0.2) is 5.69 Å². The first-order valence-electron chi connectivity index (χ1n) is 10.9. The molecule has 172 valence electrons. The largest absolute Gasteiger partial charge is 0.497 e. The molecule has 8 nitrogen and oxygen atoms in total. The van der Waals surface area contributed by atoms with Crippen molar-refractivity contribution in [1.82, 2.24) is 14.7 Å². The van der Waals surface area contributed by atoms with Gasteiger partial charge in [0.05, 0.1) is 38.6 Å². The minimum absolute atomic E-state index is 0.00202. The lowest BCUT2D eigenvalue weighted by Gasteiger charge is -2.28. The van der Waals surface area contributed by atoms with Crippen LogP contribution in [0.3, 0.4) is 0 Å². The lowest BCUT2D eigenvalue weighted by atomic mass is 10.0. The van der Waals surface area contributed by atoms with Crippen LogP contribution in [0.25, 0.3) is 5.69 Å². The molecule has 0 atom stereocenters. The normalized spacial score (nSPS) is 12.8. The predicted octanol–water partition coefficient (Wildman–Crippen LogP) is 3.19. The average molecular weight is 450 g/mol. The van der Waals surface area contributed by atoms with Crippen molar-refractivity contribution in [2.75, 3.05) is 27.4 Å². The van der Waals surface area contributed by atoms with Crippen LogP contribution in [0, 0.1) is 0 Å². The first kappa shape index (κ1) is 22.4. The number of aromatic nitrogens is 2. The Morgan fingerprint density at radius 1 is 0.970 bits per heavy atom. The van der Waals surface area contributed by atoms with Gasteiger partial charge in [0.2, 0.25) is 5.91 Å². The average Bonchev–Trinajstić information content (AvgIpc) is 3.23. The SMILES string of the molecule is CCOC(=O)c1nn(-c2ccc(OC)cc2)c2c1CN(C(=O)Cc1ccc(OC)cc1)CC2. The molecule has 1 aliphatic rings. The second-order valence-electron chi connectivity index (χ2n) is 7.69. The minimum atomic E-state index is -0.481. The van der Waals surface area contributed by atoms with Gasteiger partial charge in [-0.3, -0.25) is 4.79 Å². The summed E-state index contributed by atoms with van der Waals surface area (Å²) < 4.78 is 17.4. The number of hydrogen-bond acceptors (Lipinski definition) is 6. The van der Waals surface area contributed by atoms with E-state index >= 15 is 0 Å². The molecule has 1 aromatic heterocycles. The molecular weight excluding hydrogens is 422 g/mol. The standard InChI is InChI=1S/C25H27N3O5/c1-4-33-25(30)24-21-16-27(23(29)15-17-5-9-19(31-2)10-6-17)14-13-22(21)28(26-24)18-7-11-20(32-3)12-8-18/h5-12H,4,13-16H2,1-3H3. The van der Waals surface area contributed by atoms with Gasteiger partial charge in [-0.1, -0.05) is 12.1 Å². The third-order valence-corrected chi connectivity index (χ3v) is 5.71. The quantitative estimate of drug-likeness (QED) is 0.515. The van der Waals surface area contributed by atoms with Crippen molar-refractivity contribution in [3.8, 4) is 17.2 Å². The number of nitrogens with zero attached hydrogens (tertiary/aromatic N) is 3. The maximum Gasteiger partial charge on any atom is 0.359 e. The van der Waals surface area contributed by atoms with Gasteiger partial charge in [-0.25, -0.2) is 9.48 Å². The predicted molar refractivity (Wildman–Crippen MR) is 122 cm³/mol. The van der Waals surface area contributed by atoms with Crippen LogP contribution in [0.2, 0.25) is 0 Å². The summed E-state index contributed by atoms with van der Waals surface area (Å²) in [6.07, 6.45) is 0.864. The Morgan fingerprint density at radius 2 is 1.61 bits per heavy atom. The number of carbonyl (C=O) groups is 2. The molecule has 1 amide bonds. The molecule has 33 heavy (non-hydrogen) atoms. The Hall–Kier alpha value is -3.81. The van der Waals surface area contributed by atoms with Crippen molar-refractivity contribution >= 4 is 11.9 Å². The Bertz CT molecular complexity index is 1140. The smallest absolute Gasteiger partial charge is 0.359 e. The highest BCUT2D eigenvalue weighted by Crippen LogP contribution is 2.27. The molecule has 0 spiro atoms. The van der Waals surface area contributed by atoms with Gasteiger partial charge in [0, 0.05) is 25.1 Å². The van der Waals surface area contributed by atoms with E-state index in [-0.39, 0.29) is 24.6 Å². The molecule has 0 saturated carbocycles. The lowest BCUT2D eigenvalue weighted by molar-refractivity contribution is -0.131. The Balaban J connectivity index is 1.60. The van der Waals surface area contributed by atoms with Crippen LogP contribution >= 0.6 is 0 Å². The first-order chi connectivity index (χ1) is 16.0. The van der Waals surface area contributed by atoms with E-state index in [1.165, 1.54) is 0 Å². The van der Waals surface area contributed by atoms with E-state index in [0.29, 0.717) is 19.5 Å². The summed E-state index contributed by atoms with van der Waals surface area (Å²) in [6, 6.07) is 14.9. The summed E-state index contributed by atoms with van der Waals surface area (Å²) in [7, 11) is 3.22. The number of carbonyl (C=O) groups excluding carboxylic acids is 2. The zero-order valence-corrected chi connectivity index (χ0v) is 19.0. The number of amides is 1. The second kappa shape index (κ2) is 9.77. The zero-order valence-electron chi connectivity index (χ0n) is 19.0. The van der Waals surface area contributed by atoms with E-state index in [0.717, 1.165) is 34.0 Å². The van der Waals surface area contributed by atoms with Gasteiger partial charge in [-0.2, -0.15) is 5.10 Å². The molecular formula is C25H27N3O5. The number of rotatable bonds is 7. The fraction of sp³-hybridized carbons (Fsp3) is 0.320. The monoisotopic (exact) mass is 449 g/mol. The molecule has 0 N–H and O–H groups in total.